The summed E-state index contributed by atoms with van der Waals surface area (Å²) in [6.45, 7) is 0. The number of hydrogen-bond donors (Lipinski definition) is 4. The van der Waals surface area contributed by atoms with E-state index in [0.29, 0.717) is 0 Å². The van der Waals surface area contributed by atoms with Crippen LogP contribution in [0.2, 0.25) is 0 Å². The van der Waals surface area contributed by atoms with Crippen molar-refractivity contribution in [1.29, 1.82) is 0 Å². The lowest BCUT2D eigenvalue weighted by Gasteiger charge is -2.13. The van der Waals surface area contributed by atoms with E-state index in [2.05, 4.69) is 11.5 Å². The van der Waals surface area contributed by atoms with Crippen LogP contribution in [0, 0.1) is 0 Å². The lowest BCUT2D eigenvalue weighted by molar-refractivity contribution is 0.440. The third kappa shape index (κ3) is 3.00. The van der Waals surface area contributed by atoms with Gasteiger partial charge < -0.3 is 11.5 Å². The van der Waals surface area contributed by atoms with Crippen molar-refractivity contribution in [2.45, 2.75) is 10.7 Å². The first-order valence-corrected chi connectivity index (χ1v) is 5.51. The van der Waals surface area contributed by atoms with Crippen molar-refractivity contribution in [2.24, 2.45) is 11.5 Å². The Labute approximate surface area is 69.0 Å². The van der Waals surface area contributed by atoms with Gasteiger partial charge in [0.1, 0.15) is 0 Å². The monoisotopic (exact) mass is 220 g/mol. The van der Waals surface area contributed by atoms with Gasteiger partial charge in [-0.05, 0) is 0 Å². The summed E-state index contributed by atoms with van der Waals surface area (Å²) in [6.07, 6.45) is 0. The predicted octanol–water partition coefficient (Wildman–Crippen LogP) is -2.67. The summed E-state index contributed by atoms with van der Waals surface area (Å²) in [4.78, 5) is 0. The highest BCUT2D eigenvalue weighted by Crippen LogP contribution is 2.01. The molecular weight excluding hydrogens is 212 g/mol. The molecule has 0 bridgehead atoms. The van der Waals surface area contributed by atoms with Gasteiger partial charge in [0.15, 0.2) is 10.7 Å². The maximum Gasteiger partial charge on any atom is 0.283 e. The third-order valence-corrected chi connectivity index (χ3v) is 3.15. The normalized spacial score (nSPS) is 18.7. The van der Waals surface area contributed by atoms with Crippen LogP contribution in [-0.2, 0) is 20.2 Å². The zero-order chi connectivity index (χ0) is 10.2. The molecule has 0 aliphatic rings. The van der Waals surface area contributed by atoms with Gasteiger partial charge in [-0.3, -0.25) is 9.11 Å². The fourth-order valence-corrected chi connectivity index (χ4v) is 1.86. The summed E-state index contributed by atoms with van der Waals surface area (Å²) >= 11 is 0. The van der Waals surface area contributed by atoms with E-state index in [-0.39, 0.29) is 0 Å². The Kier molecular flexibility index (Phi) is 3.17. The lowest BCUT2D eigenvalue weighted by Crippen LogP contribution is -2.50. The summed E-state index contributed by atoms with van der Waals surface area (Å²) in [5.41, 5.74) is 9.36. The summed E-state index contributed by atoms with van der Waals surface area (Å²) in [6, 6.07) is 0. The molecule has 6 N–H and O–H groups in total. The van der Waals surface area contributed by atoms with Gasteiger partial charge in [-0.2, -0.15) is 16.8 Å². The molecule has 0 rings (SSSR count). The number of rotatable bonds is 3. The average Bonchev–Trinajstić information content (AvgIpc) is 1.80. The highest BCUT2D eigenvalue weighted by Gasteiger charge is 2.34. The summed E-state index contributed by atoms with van der Waals surface area (Å²) in [5.74, 6) is 0. The summed E-state index contributed by atoms with van der Waals surface area (Å²) < 4.78 is 57.2. The third-order valence-electron chi connectivity index (χ3n) is 1.01. The number of hydrogen-bond acceptors (Lipinski definition) is 6. The van der Waals surface area contributed by atoms with Crippen molar-refractivity contribution in [1.82, 2.24) is 0 Å². The van der Waals surface area contributed by atoms with Crippen molar-refractivity contribution in [3.8, 4) is 0 Å². The second-order valence-corrected chi connectivity index (χ2v) is 5.11. The van der Waals surface area contributed by atoms with Gasteiger partial charge in [0.2, 0.25) is 0 Å². The molecule has 2 atom stereocenters. The van der Waals surface area contributed by atoms with Gasteiger partial charge in [-0.25, -0.2) is 0 Å². The maximum absolute atomic E-state index is 10.2. The molecular formula is C2H8N2O6S2. The van der Waals surface area contributed by atoms with Gasteiger partial charge in [0.25, 0.3) is 20.2 Å². The molecule has 0 aromatic heterocycles. The van der Waals surface area contributed by atoms with Gasteiger partial charge in [-0.15, -0.1) is 0 Å². The van der Waals surface area contributed by atoms with Crippen LogP contribution >= 0.6 is 0 Å². The Balaban J connectivity index is 4.89. The van der Waals surface area contributed by atoms with E-state index in [1.807, 2.05) is 0 Å². The summed E-state index contributed by atoms with van der Waals surface area (Å²) in [5, 5.41) is -4.51. The highest BCUT2D eigenvalue weighted by atomic mass is 32.2. The van der Waals surface area contributed by atoms with E-state index in [1.54, 1.807) is 0 Å². The van der Waals surface area contributed by atoms with Crippen LogP contribution in [-0.4, -0.2) is 36.7 Å². The zero-order valence-corrected chi connectivity index (χ0v) is 7.29. The van der Waals surface area contributed by atoms with E-state index in [9.17, 15) is 16.8 Å². The van der Waals surface area contributed by atoms with Crippen LogP contribution in [0.3, 0.4) is 0 Å². The molecule has 0 saturated carbocycles. The van der Waals surface area contributed by atoms with Gasteiger partial charge in [-0.1, -0.05) is 0 Å². The van der Waals surface area contributed by atoms with Crippen molar-refractivity contribution in [3.63, 3.8) is 0 Å². The SMILES string of the molecule is NC(C(N)S(=O)(=O)O)S(=O)(=O)O. The zero-order valence-electron chi connectivity index (χ0n) is 5.65. The molecule has 2 unspecified atom stereocenters. The second kappa shape index (κ2) is 3.24. The molecule has 0 fully saturated rings. The molecule has 12 heavy (non-hydrogen) atoms. The molecule has 0 spiro atoms. The van der Waals surface area contributed by atoms with E-state index in [1.165, 1.54) is 0 Å². The van der Waals surface area contributed by atoms with Crippen molar-refractivity contribution in [3.05, 3.63) is 0 Å². The Hall–Kier alpha value is -0.260. The molecule has 0 amide bonds. The average molecular weight is 220 g/mol. The van der Waals surface area contributed by atoms with Gasteiger partial charge >= 0.3 is 0 Å². The smallest absolute Gasteiger partial charge is 0.283 e. The minimum absolute atomic E-state index is 2.26. The van der Waals surface area contributed by atoms with Crippen LogP contribution in [0.5, 0.6) is 0 Å². The van der Waals surface area contributed by atoms with Crippen molar-refractivity contribution < 1.29 is 25.9 Å². The van der Waals surface area contributed by atoms with Crippen LogP contribution in [0.1, 0.15) is 0 Å². The topological polar surface area (TPSA) is 161 Å². The predicted molar refractivity (Wildman–Crippen MR) is 39.0 cm³/mol. The van der Waals surface area contributed by atoms with Crippen LogP contribution < -0.4 is 11.5 Å². The molecule has 8 nitrogen and oxygen atoms in total. The Morgan fingerprint density at radius 3 is 1.08 bits per heavy atom. The van der Waals surface area contributed by atoms with E-state index >= 15 is 0 Å². The summed E-state index contributed by atoms with van der Waals surface area (Å²) in [7, 11) is -9.54. The molecule has 0 aliphatic carbocycles. The minimum atomic E-state index is -4.77. The first-order chi connectivity index (χ1) is 5.07. The molecule has 0 radical (unpaired) electrons. The van der Waals surface area contributed by atoms with E-state index in [0.717, 1.165) is 0 Å². The van der Waals surface area contributed by atoms with E-state index < -0.39 is 31.0 Å². The quantitative estimate of drug-likeness (QED) is 0.374. The second-order valence-electron chi connectivity index (χ2n) is 1.96. The van der Waals surface area contributed by atoms with E-state index in [4.69, 9.17) is 9.11 Å². The largest absolute Gasteiger partial charge is 0.311 e. The molecule has 0 aliphatic heterocycles. The fourth-order valence-electron chi connectivity index (χ4n) is 0.339. The van der Waals surface area contributed by atoms with Crippen LogP contribution in [0.15, 0.2) is 0 Å². The number of nitrogens with two attached hydrogens (primary N) is 2. The van der Waals surface area contributed by atoms with Crippen molar-refractivity contribution >= 4 is 20.2 Å². The Bertz CT molecular complexity index is 306. The molecule has 0 aromatic carbocycles. The highest BCUT2D eigenvalue weighted by molar-refractivity contribution is 7.90. The maximum atomic E-state index is 10.2. The minimum Gasteiger partial charge on any atom is -0.311 e. The molecule has 10 heteroatoms. The molecule has 0 aromatic rings. The van der Waals surface area contributed by atoms with Crippen LogP contribution in [0.25, 0.3) is 0 Å². The first kappa shape index (κ1) is 11.7. The fraction of sp³-hybridized carbons (Fsp3) is 1.00. The van der Waals surface area contributed by atoms with Gasteiger partial charge in [0, 0.05) is 0 Å². The molecule has 74 valence electrons. The lowest BCUT2D eigenvalue weighted by atomic mass is 10.7. The first-order valence-electron chi connectivity index (χ1n) is 2.50. The molecule has 0 heterocycles. The Morgan fingerprint density at radius 1 is 0.833 bits per heavy atom. The van der Waals surface area contributed by atoms with Gasteiger partial charge in [0.05, 0.1) is 0 Å². The van der Waals surface area contributed by atoms with Crippen LogP contribution in [0.4, 0.5) is 0 Å². The standard InChI is InChI=1S/C2H8N2O6S2/c3-1(11(5,6)7)2(4)12(8,9)10/h1-2H,3-4H2,(H,5,6,7)(H,8,9,10). The Morgan fingerprint density at radius 2 is 1.00 bits per heavy atom. The van der Waals surface area contributed by atoms with Crippen molar-refractivity contribution in [2.75, 3.05) is 0 Å². The molecule has 0 saturated heterocycles.